The number of carbonyl (C=O) groups is 4. The Morgan fingerprint density at radius 3 is 0.913 bits per heavy atom. The van der Waals surface area contributed by atoms with Gasteiger partial charge in [0.2, 0.25) is 0 Å². The lowest BCUT2D eigenvalue weighted by Gasteiger charge is -2.26. The lowest BCUT2D eigenvalue weighted by molar-refractivity contribution is -0.162. The lowest BCUT2D eigenvalue weighted by atomic mass is 9.79. The highest BCUT2D eigenvalue weighted by molar-refractivity contribution is 5.83. The van der Waals surface area contributed by atoms with E-state index in [0.717, 1.165) is 89.9 Å². The molecule has 4 rings (SSSR count). The Hall–Kier alpha value is -2.20. The standard InChI is InChI=1S/C36H58O10/c1-3-5-13-17-41-33(37)25-21-29-31(45-29)23-27(25)35(39)43-19-15-11-9-7-8-10-12-16-20-44-36(40)28-24-32-30(46-32)22-26(28)34(38)42-18-14-6-4-2/h25-32H,3-24H2,1-2H3. The van der Waals surface area contributed by atoms with Crippen LogP contribution in [0.1, 0.15) is 129 Å². The topological polar surface area (TPSA) is 130 Å². The van der Waals surface area contributed by atoms with Crippen molar-refractivity contribution in [2.75, 3.05) is 26.4 Å². The molecule has 2 saturated heterocycles. The van der Waals surface area contributed by atoms with Crippen LogP contribution in [0.4, 0.5) is 0 Å². The van der Waals surface area contributed by atoms with Crippen molar-refractivity contribution in [2.24, 2.45) is 23.7 Å². The number of fused-ring (bicyclic) bond motifs is 2. The molecule has 0 aromatic rings. The molecule has 262 valence electrons. The van der Waals surface area contributed by atoms with E-state index in [1.165, 1.54) is 0 Å². The molecule has 0 aromatic heterocycles. The average Bonchev–Trinajstić information content (AvgIpc) is 3.99. The predicted molar refractivity (Wildman–Crippen MR) is 170 cm³/mol. The van der Waals surface area contributed by atoms with Gasteiger partial charge in [-0.15, -0.1) is 0 Å². The highest BCUT2D eigenvalue weighted by Crippen LogP contribution is 2.45. The number of esters is 4. The fraction of sp³-hybridized carbons (Fsp3) is 0.889. The van der Waals surface area contributed by atoms with Gasteiger partial charge in [0.1, 0.15) is 0 Å². The molecule has 4 fully saturated rings. The molecule has 2 heterocycles. The Labute approximate surface area is 275 Å². The minimum absolute atomic E-state index is 0.0780. The van der Waals surface area contributed by atoms with Crippen LogP contribution < -0.4 is 0 Å². The SMILES string of the molecule is CCCCCOC(=O)C1CC2OC2CC1C(=O)OCCCCCCCCCCOC(=O)C1CC2OC2CC1C(=O)OCCCCC. The van der Waals surface area contributed by atoms with Crippen molar-refractivity contribution in [3.63, 3.8) is 0 Å². The summed E-state index contributed by atoms with van der Waals surface area (Å²) in [4.78, 5) is 51.0. The molecule has 0 spiro atoms. The van der Waals surface area contributed by atoms with Crippen LogP contribution >= 0.6 is 0 Å². The van der Waals surface area contributed by atoms with Crippen LogP contribution in [0.15, 0.2) is 0 Å². The predicted octanol–water partition coefficient (Wildman–Crippen LogP) is 6.25. The first kappa shape index (κ1) is 36.6. The molecule has 0 N–H and O–H groups in total. The third-order valence-corrected chi connectivity index (χ3v) is 10.0. The maximum atomic E-state index is 12.8. The number of rotatable bonds is 23. The van der Waals surface area contributed by atoms with Crippen LogP contribution in [0, 0.1) is 23.7 Å². The van der Waals surface area contributed by atoms with Gasteiger partial charge in [0.05, 0.1) is 74.5 Å². The fourth-order valence-corrected chi connectivity index (χ4v) is 6.98. The Bertz CT molecular complexity index is 892. The summed E-state index contributed by atoms with van der Waals surface area (Å²) in [5, 5.41) is 0. The first-order valence-electron chi connectivity index (χ1n) is 18.4. The summed E-state index contributed by atoms with van der Waals surface area (Å²) in [5.41, 5.74) is 0. The molecule has 10 heteroatoms. The molecule has 46 heavy (non-hydrogen) atoms. The summed E-state index contributed by atoms with van der Waals surface area (Å²) < 4.78 is 33.3. The van der Waals surface area contributed by atoms with Gasteiger partial charge in [-0.2, -0.15) is 0 Å². The molecule has 0 amide bonds. The Balaban J connectivity index is 0.993. The minimum atomic E-state index is -0.470. The van der Waals surface area contributed by atoms with Crippen LogP contribution in [0.2, 0.25) is 0 Å². The molecule has 2 aliphatic carbocycles. The third-order valence-electron chi connectivity index (χ3n) is 10.0. The maximum absolute atomic E-state index is 12.8. The Morgan fingerprint density at radius 2 is 0.652 bits per heavy atom. The Morgan fingerprint density at radius 1 is 0.413 bits per heavy atom. The average molecular weight is 651 g/mol. The van der Waals surface area contributed by atoms with Crippen molar-refractivity contribution in [3.8, 4) is 0 Å². The van der Waals surface area contributed by atoms with Gasteiger partial charge in [0.15, 0.2) is 0 Å². The molecule has 0 aromatic carbocycles. The van der Waals surface area contributed by atoms with Gasteiger partial charge >= 0.3 is 23.9 Å². The number of unbranched alkanes of at least 4 members (excludes halogenated alkanes) is 11. The number of epoxide rings is 2. The summed E-state index contributed by atoms with van der Waals surface area (Å²) in [6.45, 7) is 5.77. The molecule has 0 radical (unpaired) electrons. The molecule has 8 unspecified atom stereocenters. The van der Waals surface area contributed by atoms with Gasteiger partial charge in [0.25, 0.3) is 0 Å². The van der Waals surface area contributed by atoms with Crippen molar-refractivity contribution in [3.05, 3.63) is 0 Å². The van der Waals surface area contributed by atoms with E-state index >= 15 is 0 Å². The summed E-state index contributed by atoms with van der Waals surface area (Å²) in [5.74, 6) is -3.03. The second-order valence-corrected chi connectivity index (χ2v) is 13.7. The largest absolute Gasteiger partial charge is 0.465 e. The molecule has 4 aliphatic rings. The van der Waals surface area contributed by atoms with Crippen molar-refractivity contribution in [2.45, 2.75) is 154 Å². The number of ether oxygens (including phenoxy) is 6. The van der Waals surface area contributed by atoms with E-state index in [1.54, 1.807) is 0 Å². The van der Waals surface area contributed by atoms with E-state index in [4.69, 9.17) is 28.4 Å². The zero-order valence-electron chi connectivity index (χ0n) is 28.3. The number of carbonyl (C=O) groups excluding carboxylic acids is 4. The minimum Gasteiger partial charge on any atom is -0.465 e. The van der Waals surface area contributed by atoms with Gasteiger partial charge in [0, 0.05) is 0 Å². The quantitative estimate of drug-likeness (QED) is 0.0542. The van der Waals surface area contributed by atoms with Gasteiger partial charge < -0.3 is 28.4 Å². The van der Waals surface area contributed by atoms with E-state index in [9.17, 15) is 19.2 Å². The van der Waals surface area contributed by atoms with Crippen molar-refractivity contribution < 1.29 is 47.6 Å². The molecule has 10 nitrogen and oxygen atoms in total. The van der Waals surface area contributed by atoms with Gasteiger partial charge in [-0.05, 0) is 51.4 Å². The number of hydrogen-bond donors (Lipinski definition) is 0. The molecule has 0 bridgehead atoms. The van der Waals surface area contributed by atoms with Crippen molar-refractivity contribution >= 4 is 23.9 Å². The van der Waals surface area contributed by atoms with Crippen LogP contribution in [-0.4, -0.2) is 74.7 Å². The smallest absolute Gasteiger partial charge is 0.309 e. The molecular formula is C36H58O10. The van der Waals surface area contributed by atoms with Crippen molar-refractivity contribution in [1.82, 2.24) is 0 Å². The van der Waals surface area contributed by atoms with Gasteiger partial charge in [-0.3, -0.25) is 19.2 Å². The monoisotopic (exact) mass is 650 g/mol. The molecule has 2 saturated carbocycles. The van der Waals surface area contributed by atoms with Crippen molar-refractivity contribution in [1.29, 1.82) is 0 Å². The summed E-state index contributed by atoms with van der Waals surface area (Å²) in [7, 11) is 0. The zero-order chi connectivity index (χ0) is 32.7. The van der Waals surface area contributed by atoms with E-state index in [1.807, 2.05) is 0 Å². The van der Waals surface area contributed by atoms with E-state index in [-0.39, 0.29) is 48.3 Å². The fourth-order valence-electron chi connectivity index (χ4n) is 6.98. The summed E-state index contributed by atoms with van der Waals surface area (Å²) in [6, 6.07) is 0. The normalized spacial score (nSPS) is 29.2. The van der Waals surface area contributed by atoms with Gasteiger partial charge in [-0.25, -0.2) is 0 Å². The molecule has 2 aliphatic heterocycles. The zero-order valence-corrected chi connectivity index (χ0v) is 28.3. The third kappa shape index (κ3) is 11.8. The van der Waals surface area contributed by atoms with Crippen LogP contribution in [-0.2, 0) is 47.6 Å². The van der Waals surface area contributed by atoms with Gasteiger partial charge in [-0.1, -0.05) is 78.1 Å². The van der Waals surface area contributed by atoms with Crippen LogP contribution in [0.25, 0.3) is 0 Å². The lowest BCUT2D eigenvalue weighted by Crippen LogP contribution is -2.37. The maximum Gasteiger partial charge on any atom is 0.309 e. The summed E-state index contributed by atoms with van der Waals surface area (Å²) >= 11 is 0. The van der Waals surface area contributed by atoms with Crippen LogP contribution in [0.5, 0.6) is 0 Å². The highest BCUT2D eigenvalue weighted by atomic mass is 16.6. The summed E-state index contributed by atoms with van der Waals surface area (Å²) in [6.07, 6.45) is 16.3. The molecular weight excluding hydrogens is 592 g/mol. The second kappa shape index (κ2) is 19.6. The number of hydrogen-bond acceptors (Lipinski definition) is 10. The van der Waals surface area contributed by atoms with E-state index < -0.39 is 23.7 Å². The van der Waals surface area contributed by atoms with E-state index in [2.05, 4.69) is 13.8 Å². The second-order valence-electron chi connectivity index (χ2n) is 13.7. The van der Waals surface area contributed by atoms with Crippen LogP contribution in [0.3, 0.4) is 0 Å². The van der Waals surface area contributed by atoms with E-state index in [0.29, 0.717) is 52.1 Å². The highest BCUT2D eigenvalue weighted by Gasteiger charge is 2.54. The Kier molecular flexibility index (Phi) is 15.6. The first-order valence-corrected chi connectivity index (χ1v) is 18.4. The first-order chi connectivity index (χ1) is 22.4. The molecule has 8 atom stereocenters.